The monoisotopic (exact) mass is 645 g/mol. The Bertz CT molecular complexity index is 1710. The normalized spacial score (nSPS) is 11.7. The first-order chi connectivity index (χ1) is 21.6. The molecule has 4 aromatic rings. The predicted octanol–water partition coefficient (Wildman–Crippen LogP) is 7.18. The van der Waals surface area contributed by atoms with Crippen LogP contribution in [0.2, 0.25) is 5.02 Å². The first-order valence-electron chi connectivity index (χ1n) is 13.8. The number of hydrogen-bond donors (Lipinski definition) is 3. The molecule has 3 amide bonds. The summed E-state index contributed by atoms with van der Waals surface area (Å²) in [6.07, 6.45) is 1.18. The van der Waals surface area contributed by atoms with E-state index in [0.717, 1.165) is 0 Å². The number of anilines is 2. The average Bonchev–Trinajstić information content (AvgIpc) is 3.03. The van der Waals surface area contributed by atoms with Gasteiger partial charge in [0.25, 0.3) is 11.8 Å². The molecule has 8 nitrogen and oxygen atoms in total. The zero-order valence-electron chi connectivity index (χ0n) is 24.3. The van der Waals surface area contributed by atoms with Gasteiger partial charge in [0, 0.05) is 27.4 Å². The van der Waals surface area contributed by atoms with Crippen LogP contribution in [-0.2, 0) is 14.3 Å². The predicted molar refractivity (Wildman–Crippen MR) is 175 cm³/mol. The molecule has 0 aliphatic heterocycles. The van der Waals surface area contributed by atoms with Crippen LogP contribution in [-0.4, -0.2) is 35.5 Å². The van der Waals surface area contributed by atoms with Crippen LogP contribution in [0.5, 0.6) is 0 Å². The Morgan fingerprint density at radius 2 is 1.58 bits per heavy atom. The molecule has 0 radical (unpaired) electrons. The summed E-state index contributed by atoms with van der Waals surface area (Å²) in [7, 11) is 0. The van der Waals surface area contributed by atoms with Crippen molar-refractivity contribution in [3.05, 3.63) is 130 Å². The Balaban J connectivity index is 1.46. The van der Waals surface area contributed by atoms with E-state index < -0.39 is 28.9 Å². The second kappa shape index (κ2) is 15.7. The number of thioether (sulfide) groups is 1. The molecular formula is C34H29ClFN3O5S. The number of hydrogen-bond acceptors (Lipinski definition) is 6. The molecule has 4 rings (SSSR count). The third kappa shape index (κ3) is 9.28. The van der Waals surface area contributed by atoms with E-state index in [9.17, 15) is 23.6 Å². The van der Waals surface area contributed by atoms with E-state index in [1.807, 2.05) is 0 Å². The SMILES string of the molecule is CCOC(=O)c1ccc(NC(=O)C(C)Sc2cccc(NC(=O)/C(=C\c3c(F)cccc3Cl)NC(=O)c3ccccc3)c2)cc1. The second-order valence-electron chi connectivity index (χ2n) is 9.54. The number of nitrogens with one attached hydrogen (secondary N) is 3. The maximum absolute atomic E-state index is 14.6. The van der Waals surface area contributed by atoms with Gasteiger partial charge in [-0.05, 0) is 86.7 Å². The van der Waals surface area contributed by atoms with Gasteiger partial charge in [0.05, 0.1) is 22.4 Å². The Morgan fingerprint density at radius 3 is 2.27 bits per heavy atom. The van der Waals surface area contributed by atoms with E-state index in [-0.39, 0.29) is 28.8 Å². The fourth-order valence-electron chi connectivity index (χ4n) is 3.99. The minimum Gasteiger partial charge on any atom is -0.462 e. The molecule has 45 heavy (non-hydrogen) atoms. The van der Waals surface area contributed by atoms with Gasteiger partial charge in [0.15, 0.2) is 0 Å². The smallest absolute Gasteiger partial charge is 0.338 e. The molecule has 1 atom stereocenters. The van der Waals surface area contributed by atoms with E-state index in [1.54, 1.807) is 92.7 Å². The lowest BCUT2D eigenvalue weighted by molar-refractivity contribution is -0.115. The van der Waals surface area contributed by atoms with Crippen molar-refractivity contribution in [2.75, 3.05) is 17.2 Å². The van der Waals surface area contributed by atoms with Crippen LogP contribution in [0, 0.1) is 5.82 Å². The Kier molecular flexibility index (Phi) is 11.5. The van der Waals surface area contributed by atoms with Crippen molar-refractivity contribution in [1.82, 2.24) is 5.32 Å². The van der Waals surface area contributed by atoms with Gasteiger partial charge in [-0.2, -0.15) is 0 Å². The minimum absolute atomic E-state index is 0.0580. The molecule has 0 aromatic heterocycles. The molecule has 0 spiro atoms. The number of rotatable bonds is 11. The topological polar surface area (TPSA) is 114 Å². The summed E-state index contributed by atoms with van der Waals surface area (Å²) in [5.74, 6) is -2.65. The lowest BCUT2D eigenvalue weighted by Crippen LogP contribution is -2.30. The third-order valence-electron chi connectivity index (χ3n) is 6.25. The fraction of sp³-hybridized carbons (Fsp3) is 0.118. The van der Waals surface area contributed by atoms with Crippen LogP contribution in [0.1, 0.15) is 40.1 Å². The highest BCUT2D eigenvalue weighted by Crippen LogP contribution is 2.27. The summed E-state index contributed by atoms with van der Waals surface area (Å²) < 4.78 is 19.6. The second-order valence-corrected chi connectivity index (χ2v) is 11.4. The molecule has 0 bridgehead atoms. The van der Waals surface area contributed by atoms with Crippen molar-refractivity contribution in [3.63, 3.8) is 0 Å². The number of esters is 1. The van der Waals surface area contributed by atoms with Gasteiger partial charge in [-0.25, -0.2) is 9.18 Å². The highest BCUT2D eigenvalue weighted by Gasteiger charge is 2.19. The van der Waals surface area contributed by atoms with Crippen molar-refractivity contribution in [1.29, 1.82) is 0 Å². The Labute approximate surface area is 269 Å². The summed E-state index contributed by atoms with van der Waals surface area (Å²) in [5, 5.41) is 7.64. The molecule has 0 aliphatic carbocycles. The van der Waals surface area contributed by atoms with Crippen LogP contribution in [0.4, 0.5) is 15.8 Å². The van der Waals surface area contributed by atoms with Crippen molar-refractivity contribution in [2.45, 2.75) is 24.0 Å². The summed E-state index contributed by atoms with van der Waals surface area (Å²) in [6, 6.07) is 25.6. The molecule has 0 saturated heterocycles. The zero-order chi connectivity index (χ0) is 32.3. The standard InChI is InChI=1S/C34H29ClFN3O5S/c1-3-44-34(43)23-15-17-24(18-16-23)37-31(40)21(2)45-26-12-7-11-25(19-26)38-33(42)30(20-27-28(35)13-8-14-29(27)36)39-32(41)22-9-5-4-6-10-22/h4-21H,3H2,1-2H3,(H,37,40)(H,38,42)(H,39,41)/b30-20+. The molecule has 1 unspecified atom stereocenters. The van der Waals surface area contributed by atoms with Gasteiger partial charge in [-0.1, -0.05) is 41.9 Å². The van der Waals surface area contributed by atoms with E-state index in [1.165, 1.54) is 36.0 Å². The quantitative estimate of drug-likeness (QED) is 0.0904. The van der Waals surface area contributed by atoms with Gasteiger partial charge in [0.1, 0.15) is 11.5 Å². The molecule has 11 heteroatoms. The van der Waals surface area contributed by atoms with Crippen molar-refractivity contribution in [3.8, 4) is 0 Å². The molecule has 0 aliphatic rings. The number of carbonyl (C=O) groups is 4. The van der Waals surface area contributed by atoms with Crippen LogP contribution < -0.4 is 16.0 Å². The summed E-state index contributed by atoms with van der Waals surface area (Å²) >= 11 is 7.45. The van der Waals surface area contributed by atoms with Gasteiger partial charge in [0.2, 0.25) is 5.91 Å². The molecule has 0 fully saturated rings. The number of halogens is 2. The third-order valence-corrected chi connectivity index (χ3v) is 7.68. The molecule has 4 aromatic carbocycles. The zero-order valence-corrected chi connectivity index (χ0v) is 25.9. The van der Waals surface area contributed by atoms with Crippen molar-refractivity contribution < 1.29 is 28.3 Å². The van der Waals surface area contributed by atoms with Crippen LogP contribution >= 0.6 is 23.4 Å². The maximum Gasteiger partial charge on any atom is 0.338 e. The first kappa shape index (κ1) is 33.0. The molecule has 0 saturated carbocycles. The Hall–Kier alpha value is -4.93. The summed E-state index contributed by atoms with van der Waals surface area (Å²) in [6.45, 7) is 3.72. The van der Waals surface area contributed by atoms with Crippen LogP contribution in [0.3, 0.4) is 0 Å². The highest BCUT2D eigenvalue weighted by molar-refractivity contribution is 8.00. The lowest BCUT2D eigenvalue weighted by Gasteiger charge is -2.14. The number of amides is 3. The van der Waals surface area contributed by atoms with E-state index in [0.29, 0.717) is 27.4 Å². The largest absolute Gasteiger partial charge is 0.462 e. The van der Waals surface area contributed by atoms with Gasteiger partial charge < -0.3 is 20.7 Å². The number of carbonyl (C=O) groups excluding carboxylic acids is 4. The first-order valence-corrected chi connectivity index (χ1v) is 15.1. The molecule has 230 valence electrons. The molecular weight excluding hydrogens is 617 g/mol. The summed E-state index contributed by atoms with van der Waals surface area (Å²) in [4.78, 5) is 51.7. The van der Waals surface area contributed by atoms with Gasteiger partial charge >= 0.3 is 5.97 Å². The van der Waals surface area contributed by atoms with Gasteiger partial charge in [-0.3, -0.25) is 14.4 Å². The van der Waals surface area contributed by atoms with Crippen molar-refractivity contribution in [2.24, 2.45) is 0 Å². The van der Waals surface area contributed by atoms with Crippen LogP contribution in [0.25, 0.3) is 6.08 Å². The number of ether oxygens (including phenoxy) is 1. The average molecular weight is 646 g/mol. The minimum atomic E-state index is -0.710. The van der Waals surface area contributed by atoms with Crippen LogP contribution in [0.15, 0.2) is 108 Å². The van der Waals surface area contributed by atoms with Gasteiger partial charge in [-0.15, -0.1) is 11.8 Å². The number of benzene rings is 4. The highest BCUT2D eigenvalue weighted by atomic mass is 35.5. The Morgan fingerprint density at radius 1 is 0.867 bits per heavy atom. The molecule has 3 N–H and O–H groups in total. The molecule has 0 heterocycles. The van der Waals surface area contributed by atoms with E-state index >= 15 is 0 Å². The van der Waals surface area contributed by atoms with E-state index in [4.69, 9.17) is 16.3 Å². The fourth-order valence-corrected chi connectivity index (χ4v) is 5.13. The lowest BCUT2D eigenvalue weighted by atomic mass is 10.1. The van der Waals surface area contributed by atoms with Crippen molar-refractivity contribution >= 4 is 64.5 Å². The van der Waals surface area contributed by atoms with E-state index in [2.05, 4.69) is 16.0 Å². The maximum atomic E-state index is 14.6. The summed E-state index contributed by atoms with van der Waals surface area (Å²) in [5.41, 5.74) is 1.30.